The zero-order valence-electron chi connectivity index (χ0n) is 13.4. The van der Waals surface area contributed by atoms with E-state index in [2.05, 4.69) is 5.32 Å². The first kappa shape index (κ1) is 19.4. The Morgan fingerprint density at radius 1 is 0.962 bits per heavy atom. The van der Waals surface area contributed by atoms with Crippen LogP contribution in [0.3, 0.4) is 0 Å². The summed E-state index contributed by atoms with van der Waals surface area (Å²) >= 11 is 0. The molecule has 0 spiro atoms. The highest BCUT2D eigenvalue weighted by molar-refractivity contribution is 5.85. The largest absolute Gasteiger partial charge is 0.480 e. The van der Waals surface area contributed by atoms with Crippen LogP contribution in [0, 0.1) is 5.82 Å². The molecule has 0 bridgehead atoms. The first-order valence-corrected chi connectivity index (χ1v) is 7.58. The van der Waals surface area contributed by atoms with E-state index in [0.29, 0.717) is 11.1 Å². The first-order valence-electron chi connectivity index (χ1n) is 7.58. The molecule has 2 aromatic carbocycles. The Morgan fingerprint density at radius 2 is 1.50 bits per heavy atom. The Kier molecular flexibility index (Phi) is 5.97. The van der Waals surface area contributed by atoms with Crippen LogP contribution in [0.25, 0.3) is 0 Å². The van der Waals surface area contributed by atoms with Crippen molar-refractivity contribution in [3.05, 3.63) is 71.0 Å². The van der Waals surface area contributed by atoms with Gasteiger partial charge in [-0.3, -0.25) is 4.79 Å². The second-order valence-corrected chi connectivity index (χ2v) is 5.66. The molecule has 0 aliphatic rings. The van der Waals surface area contributed by atoms with E-state index in [4.69, 9.17) is 0 Å². The van der Waals surface area contributed by atoms with Gasteiger partial charge in [0, 0.05) is 6.42 Å². The van der Waals surface area contributed by atoms with Crippen molar-refractivity contribution in [1.82, 2.24) is 5.32 Å². The number of alkyl halides is 3. The summed E-state index contributed by atoms with van der Waals surface area (Å²) in [7, 11) is 0. The van der Waals surface area contributed by atoms with Gasteiger partial charge in [-0.25, -0.2) is 9.18 Å². The summed E-state index contributed by atoms with van der Waals surface area (Å²) in [5.41, 5.74) is 0.00326. The maximum atomic E-state index is 12.8. The quantitative estimate of drug-likeness (QED) is 0.769. The second-order valence-electron chi connectivity index (χ2n) is 5.66. The van der Waals surface area contributed by atoms with Crippen molar-refractivity contribution in [3.63, 3.8) is 0 Å². The van der Waals surface area contributed by atoms with Gasteiger partial charge < -0.3 is 10.4 Å². The zero-order valence-corrected chi connectivity index (χ0v) is 13.4. The summed E-state index contributed by atoms with van der Waals surface area (Å²) in [4.78, 5) is 23.3. The molecular formula is C18H15F4NO3. The van der Waals surface area contributed by atoms with Crippen molar-refractivity contribution in [2.75, 3.05) is 0 Å². The molecule has 0 radical (unpaired) electrons. The minimum absolute atomic E-state index is 0.142. The van der Waals surface area contributed by atoms with Gasteiger partial charge in [0.05, 0.1) is 12.0 Å². The monoisotopic (exact) mass is 369 g/mol. The lowest BCUT2D eigenvalue weighted by atomic mass is 10.0. The molecule has 4 nitrogen and oxygen atoms in total. The number of rotatable bonds is 6. The molecule has 0 unspecified atom stereocenters. The van der Waals surface area contributed by atoms with E-state index in [-0.39, 0.29) is 12.8 Å². The molecule has 1 atom stereocenters. The Hall–Kier alpha value is -2.90. The molecule has 0 saturated heterocycles. The van der Waals surface area contributed by atoms with Crippen LogP contribution in [0.4, 0.5) is 17.6 Å². The molecule has 2 N–H and O–H groups in total. The molecule has 0 aromatic heterocycles. The van der Waals surface area contributed by atoms with Crippen molar-refractivity contribution in [3.8, 4) is 0 Å². The molecule has 0 saturated carbocycles. The van der Waals surface area contributed by atoms with Crippen molar-refractivity contribution in [2.45, 2.75) is 25.1 Å². The number of amides is 1. The number of aliphatic carboxylic acids is 1. The van der Waals surface area contributed by atoms with Crippen LogP contribution in [-0.4, -0.2) is 23.0 Å². The Morgan fingerprint density at radius 3 is 2.00 bits per heavy atom. The highest BCUT2D eigenvalue weighted by Gasteiger charge is 2.30. The lowest BCUT2D eigenvalue weighted by Gasteiger charge is -2.15. The third-order valence-corrected chi connectivity index (χ3v) is 3.63. The number of hydrogen-bond acceptors (Lipinski definition) is 2. The van der Waals surface area contributed by atoms with E-state index in [1.807, 2.05) is 0 Å². The van der Waals surface area contributed by atoms with E-state index in [9.17, 15) is 32.3 Å². The minimum atomic E-state index is -4.48. The van der Waals surface area contributed by atoms with Gasteiger partial charge in [0.1, 0.15) is 11.9 Å². The fraction of sp³-hybridized carbons (Fsp3) is 0.222. The van der Waals surface area contributed by atoms with Gasteiger partial charge in [-0.15, -0.1) is 0 Å². The Balaban J connectivity index is 2.01. The van der Waals surface area contributed by atoms with Crippen molar-refractivity contribution < 1.29 is 32.3 Å². The number of halogens is 4. The van der Waals surface area contributed by atoms with Crippen LogP contribution in [0.1, 0.15) is 16.7 Å². The van der Waals surface area contributed by atoms with Crippen molar-refractivity contribution >= 4 is 11.9 Å². The number of hydrogen-bond donors (Lipinski definition) is 2. The lowest BCUT2D eigenvalue weighted by molar-refractivity contribution is -0.141. The standard InChI is InChI=1S/C18H15F4NO3/c19-14-7-3-12(4-8-14)10-16(24)23-15(17(25)26)9-11-1-5-13(6-2-11)18(20,21)22/h1-8,15H,9-10H2,(H,23,24)(H,25,26)/t15-/m0/s1. The number of carboxylic acid groups (broad SMARTS) is 1. The molecular weight excluding hydrogens is 354 g/mol. The van der Waals surface area contributed by atoms with Gasteiger partial charge in [0.25, 0.3) is 0 Å². The fourth-order valence-electron chi connectivity index (χ4n) is 2.30. The molecule has 2 aromatic rings. The lowest BCUT2D eigenvalue weighted by Crippen LogP contribution is -2.43. The zero-order chi connectivity index (χ0) is 19.3. The van der Waals surface area contributed by atoms with E-state index in [1.165, 1.54) is 36.4 Å². The normalized spacial score (nSPS) is 12.5. The fourth-order valence-corrected chi connectivity index (χ4v) is 2.30. The molecule has 0 heterocycles. The molecule has 26 heavy (non-hydrogen) atoms. The first-order chi connectivity index (χ1) is 12.1. The Bertz CT molecular complexity index is 771. The molecule has 2 rings (SSSR count). The van der Waals surface area contributed by atoms with Gasteiger partial charge in [-0.05, 0) is 35.4 Å². The molecule has 0 fully saturated rings. The summed E-state index contributed by atoms with van der Waals surface area (Å²) < 4.78 is 50.5. The average molecular weight is 369 g/mol. The number of benzene rings is 2. The van der Waals surface area contributed by atoms with Gasteiger partial charge in [-0.1, -0.05) is 24.3 Å². The molecule has 1 amide bonds. The number of carboxylic acids is 1. The summed E-state index contributed by atoms with van der Waals surface area (Å²) in [6.07, 6.45) is -4.78. The highest BCUT2D eigenvalue weighted by atomic mass is 19.4. The van der Waals surface area contributed by atoms with Crippen LogP contribution in [0.5, 0.6) is 0 Å². The third kappa shape index (κ3) is 5.58. The molecule has 0 aliphatic carbocycles. The summed E-state index contributed by atoms with van der Waals surface area (Å²) in [6.45, 7) is 0. The number of nitrogens with one attached hydrogen (secondary N) is 1. The maximum absolute atomic E-state index is 12.8. The Labute approximate surface area is 146 Å². The topological polar surface area (TPSA) is 66.4 Å². The van der Waals surface area contributed by atoms with Gasteiger partial charge in [0.2, 0.25) is 5.91 Å². The highest BCUT2D eigenvalue weighted by Crippen LogP contribution is 2.29. The van der Waals surface area contributed by atoms with Gasteiger partial charge >= 0.3 is 12.1 Å². The van der Waals surface area contributed by atoms with Crippen LogP contribution >= 0.6 is 0 Å². The number of carbonyl (C=O) groups excluding carboxylic acids is 1. The predicted octanol–water partition coefficient (Wildman–Crippen LogP) is 3.20. The van der Waals surface area contributed by atoms with E-state index in [0.717, 1.165) is 12.1 Å². The van der Waals surface area contributed by atoms with Crippen LogP contribution in [0.2, 0.25) is 0 Å². The second kappa shape index (κ2) is 7.99. The third-order valence-electron chi connectivity index (χ3n) is 3.63. The van der Waals surface area contributed by atoms with Gasteiger partial charge in [0.15, 0.2) is 0 Å². The van der Waals surface area contributed by atoms with Crippen LogP contribution in [-0.2, 0) is 28.6 Å². The average Bonchev–Trinajstić information content (AvgIpc) is 2.56. The number of carbonyl (C=O) groups is 2. The molecule has 138 valence electrons. The van der Waals surface area contributed by atoms with E-state index >= 15 is 0 Å². The van der Waals surface area contributed by atoms with Crippen molar-refractivity contribution in [1.29, 1.82) is 0 Å². The molecule has 8 heteroatoms. The van der Waals surface area contributed by atoms with E-state index in [1.54, 1.807) is 0 Å². The SMILES string of the molecule is O=C(Cc1ccc(F)cc1)N[C@@H](Cc1ccc(C(F)(F)F)cc1)C(=O)O. The summed E-state index contributed by atoms with van der Waals surface area (Å²) in [5, 5.41) is 11.5. The summed E-state index contributed by atoms with van der Waals surface area (Å²) in [6, 6.07) is 7.93. The van der Waals surface area contributed by atoms with Crippen LogP contribution in [0.15, 0.2) is 48.5 Å². The van der Waals surface area contributed by atoms with Crippen LogP contribution < -0.4 is 5.32 Å². The van der Waals surface area contributed by atoms with E-state index < -0.39 is 35.5 Å². The van der Waals surface area contributed by atoms with Crippen molar-refractivity contribution in [2.24, 2.45) is 0 Å². The summed E-state index contributed by atoms with van der Waals surface area (Å²) in [5.74, 6) is -2.35. The van der Waals surface area contributed by atoms with Gasteiger partial charge in [-0.2, -0.15) is 13.2 Å². The predicted molar refractivity (Wildman–Crippen MR) is 84.8 cm³/mol. The minimum Gasteiger partial charge on any atom is -0.480 e. The maximum Gasteiger partial charge on any atom is 0.416 e. The molecule has 0 aliphatic heterocycles. The smallest absolute Gasteiger partial charge is 0.416 e.